The van der Waals surface area contributed by atoms with E-state index in [1.165, 1.54) is 6.07 Å². The quantitative estimate of drug-likeness (QED) is 0.463. The molecule has 1 rings (SSSR count). The van der Waals surface area contributed by atoms with Crippen LogP contribution in [0, 0.1) is 0 Å². The summed E-state index contributed by atoms with van der Waals surface area (Å²) in [5.74, 6) is 0.812. The number of phenols is 1. The van der Waals surface area contributed by atoms with Crippen molar-refractivity contribution in [3.05, 3.63) is 18.2 Å². The molecule has 1 aromatic carbocycles. The number of hydrogen-bond acceptors (Lipinski definition) is 3. The summed E-state index contributed by atoms with van der Waals surface area (Å²) in [5, 5.41) is 9.13. The Bertz CT molecular complexity index is 279. The number of halogens is 1. The molecule has 0 saturated heterocycles. The molecule has 1 aromatic rings. The maximum absolute atomic E-state index is 9.13. The highest BCUT2D eigenvalue weighted by Crippen LogP contribution is 2.24. The molecular formula is C10H16ClNO2. The zero-order chi connectivity index (χ0) is 9.68. The summed E-state index contributed by atoms with van der Waals surface area (Å²) in [6.07, 6.45) is 2.13. The second kappa shape index (κ2) is 6.38. The summed E-state index contributed by atoms with van der Waals surface area (Å²) in [7, 11) is 0. The van der Waals surface area contributed by atoms with E-state index in [9.17, 15) is 0 Å². The van der Waals surface area contributed by atoms with Gasteiger partial charge in [0.25, 0.3) is 0 Å². The van der Waals surface area contributed by atoms with E-state index in [4.69, 9.17) is 15.6 Å². The van der Waals surface area contributed by atoms with Gasteiger partial charge in [0, 0.05) is 6.07 Å². The van der Waals surface area contributed by atoms with Crippen molar-refractivity contribution < 1.29 is 9.84 Å². The third-order valence-electron chi connectivity index (χ3n) is 1.77. The third kappa shape index (κ3) is 3.75. The molecule has 0 radical (unpaired) electrons. The fourth-order valence-electron chi connectivity index (χ4n) is 0.957. The lowest BCUT2D eigenvalue weighted by Crippen LogP contribution is -1.97. The molecule has 0 aliphatic heterocycles. The Morgan fingerprint density at radius 1 is 1.43 bits per heavy atom. The first-order valence-electron chi connectivity index (χ1n) is 4.45. The minimum atomic E-state index is 0. The largest absolute Gasteiger partial charge is 0.506 e. The summed E-state index contributed by atoms with van der Waals surface area (Å²) in [6, 6.07) is 4.88. The molecule has 80 valence electrons. The molecule has 0 fully saturated rings. The van der Waals surface area contributed by atoms with Crippen LogP contribution < -0.4 is 10.5 Å². The molecule has 0 aliphatic rings. The summed E-state index contributed by atoms with van der Waals surface area (Å²) in [5.41, 5.74) is 5.85. The van der Waals surface area contributed by atoms with Crippen molar-refractivity contribution >= 4 is 18.1 Å². The number of nitrogens with two attached hydrogens (primary N) is 1. The van der Waals surface area contributed by atoms with Crippen LogP contribution >= 0.6 is 12.4 Å². The Morgan fingerprint density at radius 2 is 2.14 bits per heavy atom. The van der Waals surface area contributed by atoms with E-state index in [1.807, 2.05) is 0 Å². The Labute approximate surface area is 90.3 Å². The van der Waals surface area contributed by atoms with Gasteiger partial charge in [-0.15, -0.1) is 12.4 Å². The topological polar surface area (TPSA) is 55.5 Å². The lowest BCUT2D eigenvalue weighted by atomic mass is 10.3. The number of phenolic OH excluding ortho intramolecular Hbond substituents is 1. The summed E-state index contributed by atoms with van der Waals surface area (Å²) in [6.45, 7) is 2.80. The maximum Gasteiger partial charge on any atom is 0.138 e. The van der Waals surface area contributed by atoms with Crippen molar-refractivity contribution in [2.45, 2.75) is 19.8 Å². The first kappa shape index (κ1) is 12.9. The molecule has 0 unspecified atom stereocenters. The zero-order valence-corrected chi connectivity index (χ0v) is 9.01. The van der Waals surface area contributed by atoms with Gasteiger partial charge in [0.05, 0.1) is 12.3 Å². The number of ether oxygens (including phenoxy) is 1. The van der Waals surface area contributed by atoms with Crippen molar-refractivity contribution in [3.8, 4) is 11.5 Å². The van der Waals surface area contributed by atoms with Crippen LogP contribution in [0.5, 0.6) is 11.5 Å². The normalized spacial score (nSPS) is 9.21. The van der Waals surface area contributed by atoms with Crippen LogP contribution in [0.3, 0.4) is 0 Å². The molecule has 0 heterocycles. The summed E-state index contributed by atoms with van der Waals surface area (Å²) in [4.78, 5) is 0. The molecule has 4 heteroatoms. The highest BCUT2D eigenvalue weighted by molar-refractivity contribution is 5.85. The van der Waals surface area contributed by atoms with Gasteiger partial charge in [-0.05, 0) is 18.6 Å². The van der Waals surface area contributed by atoms with E-state index in [0.29, 0.717) is 18.0 Å². The fraction of sp³-hybridized carbons (Fsp3) is 0.400. The maximum atomic E-state index is 9.13. The lowest BCUT2D eigenvalue weighted by Gasteiger charge is -2.06. The highest BCUT2D eigenvalue weighted by Gasteiger charge is 1.98. The summed E-state index contributed by atoms with van der Waals surface area (Å²) >= 11 is 0. The molecule has 0 aliphatic carbocycles. The third-order valence-corrected chi connectivity index (χ3v) is 1.77. The minimum absolute atomic E-state index is 0. The van der Waals surface area contributed by atoms with Gasteiger partial charge in [0.2, 0.25) is 0 Å². The number of rotatable bonds is 4. The molecule has 0 saturated carbocycles. The standard InChI is InChI=1S/C10H15NO2.ClH/c1-2-3-6-13-8-4-5-10(12)9(11)7-8;/h4-5,7,12H,2-3,6,11H2,1H3;1H. The van der Waals surface area contributed by atoms with E-state index in [-0.39, 0.29) is 18.2 Å². The number of unbranched alkanes of at least 4 members (excludes halogenated alkanes) is 1. The number of benzene rings is 1. The molecule has 14 heavy (non-hydrogen) atoms. The van der Waals surface area contributed by atoms with Crippen molar-refractivity contribution in [1.29, 1.82) is 0 Å². The first-order chi connectivity index (χ1) is 6.24. The van der Waals surface area contributed by atoms with Crippen molar-refractivity contribution in [2.24, 2.45) is 0 Å². The minimum Gasteiger partial charge on any atom is -0.506 e. The molecule has 0 aromatic heterocycles. The highest BCUT2D eigenvalue weighted by atomic mass is 35.5. The first-order valence-corrected chi connectivity index (χ1v) is 4.45. The molecular weight excluding hydrogens is 202 g/mol. The van der Waals surface area contributed by atoms with Gasteiger partial charge in [0.15, 0.2) is 0 Å². The molecule has 0 bridgehead atoms. The van der Waals surface area contributed by atoms with Crippen LogP contribution in [0.4, 0.5) is 5.69 Å². The Kier molecular flexibility index (Phi) is 5.88. The number of hydrogen-bond donors (Lipinski definition) is 2. The molecule has 0 amide bonds. The van der Waals surface area contributed by atoms with Crippen LogP contribution in [0.1, 0.15) is 19.8 Å². The van der Waals surface area contributed by atoms with Gasteiger partial charge in [-0.3, -0.25) is 0 Å². The SMILES string of the molecule is CCCCOc1ccc(O)c(N)c1.Cl. The van der Waals surface area contributed by atoms with E-state index in [2.05, 4.69) is 6.92 Å². The van der Waals surface area contributed by atoms with Crippen LogP contribution in [0.25, 0.3) is 0 Å². The average molecular weight is 218 g/mol. The van der Waals surface area contributed by atoms with Crippen LogP contribution in [-0.2, 0) is 0 Å². The second-order valence-electron chi connectivity index (χ2n) is 2.92. The average Bonchev–Trinajstić information content (AvgIpc) is 2.12. The van der Waals surface area contributed by atoms with Gasteiger partial charge >= 0.3 is 0 Å². The van der Waals surface area contributed by atoms with Crippen LogP contribution in [0.15, 0.2) is 18.2 Å². The monoisotopic (exact) mass is 217 g/mol. The van der Waals surface area contributed by atoms with Gasteiger partial charge in [-0.1, -0.05) is 13.3 Å². The number of anilines is 1. The molecule has 3 nitrogen and oxygen atoms in total. The van der Waals surface area contributed by atoms with E-state index in [1.54, 1.807) is 12.1 Å². The Morgan fingerprint density at radius 3 is 2.71 bits per heavy atom. The Hall–Kier alpha value is -1.09. The molecule has 3 N–H and O–H groups in total. The fourth-order valence-corrected chi connectivity index (χ4v) is 0.957. The van der Waals surface area contributed by atoms with Crippen LogP contribution in [0.2, 0.25) is 0 Å². The lowest BCUT2D eigenvalue weighted by molar-refractivity contribution is 0.309. The van der Waals surface area contributed by atoms with E-state index >= 15 is 0 Å². The number of nitrogen functional groups attached to an aromatic ring is 1. The Balaban J connectivity index is 0.00000169. The second-order valence-corrected chi connectivity index (χ2v) is 2.92. The predicted octanol–water partition coefficient (Wildman–Crippen LogP) is 2.58. The van der Waals surface area contributed by atoms with Crippen molar-refractivity contribution in [3.63, 3.8) is 0 Å². The van der Waals surface area contributed by atoms with Gasteiger partial charge < -0.3 is 15.6 Å². The van der Waals surface area contributed by atoms with Gasteiger partial charge in [-0.25, -0.2) is 0 Å². The number of aromatic hydroxyl groups is 1. The summed E-state index contributed by atoms with van der Waals surface area (Å²) < 4.78 is 5.39. The van der Waals surface area contributed by atoms with Crippen molar-refractivity contribution in [1.82, 2.24) is 0 Å². The van der Waals surface area contributed by atoms with E-state index < -0.39 is 0 Å². The molecule has 0 spiro atoms. The molecule has 0 atom stereocenters. The van der Waals surface area contributed by atoms with Crippen LogP contribution in [-0.4, -0.2) is 11.7 Å². The zero-order valence-electron chi connectivity index (χ0n) is 8.19. The predicted molar refractivity (Wildman–Crippen MR) is 60.2 cm³/mol. The van der Waals surface area contributed by atoms with Crippen molar-refractivity contribution in [2.75, 3.05) is 12.3 Å². The van der Waals surface area contributed by atoms with Gasteiger partial charge in [-0.2, -0.15) is 0 Å². The smallest absolute Gasteiger partial charge is 0.138 e. The van der Waals surface area contributed by atoms with Gasteiger partial charge in [0.1, 0.15) is 11.5 Å². The van der Waals surface area contributed by atoms with E-state index in [0.717, 1.165) is 12.8 Å².